The fourth-order valence-electron chi connectivity index (χ4n) is 3.40. The lowest BCUT2D eigenvalue weighted by Gasteiger charge is -2.15. The van der Waals surface area contributed by atoms with Crippen LogP contribution in [0.1, 0.15) is 45.1 Å². The molecular weight excluding hydrogens is 374 g/mol. The third-order valence-electron chi connectivity index (χ3n) is 5.00. The molecule has 0 aliphatic heterocycles. The van der Waals surface area contributed by atoms with Crippen LogP contribution in [-0.4, -0.2) is 38.0 Å². The number of aromatic nitrogens is 3. The predicted molar refractivity (Wildman–Crippen MR) is 110 cm³/mol. The molecule has 7 nitrogen and oxygen atoms in total. The van der Waals surface area contributed by atoms with E-state index in [0.717, 1.165) is 42.6 Å². The SMILES string of the molecule is CCn1c(S[C@@H](C)C(=O)NC(=O)NC2CCCC2)nnc1-c1ccccc1C. The van der Waals surface area contributed by atoms with Gasteiger partial charge in [0.1, 0.15) is 0 Å². The van der Waals surface area contributed by atoms with Crippen LogP contribution in [-0.2, 0) is 11.3 Å². The summed E-state index contributed by atoms with van der Waals surface area (Å²) in [5, 5.41) is 14.1. The molecule has 2 N–H and O–H groups in total. The second-order valence-corrected chi connectivity index (χ2v) is 8.38. The molecule has 150 valence electrons. The average molecular weight is 402 g/mol. The Morgan fingerprint density at radius 3 is 2.64 bits per heavy atom. The summed E-state index contributed by atoms with van der Waals surface area (Å²) in [5.74, 6) is 0.457. The van der Waals surface area contributed by atoms with Gasteiger partial charge in [0.15, 0.2) is 11.0 Å². The molecule has 2 aromatic rings. The Kier molecular flexibility index (Phi) is 6.72. The van der Waals surface area contributed by atoms with Gasteiger partial charge in [0.2, 0.25) is 5.91 Å². The largest absolute Gasteiger partial charge is 0.335 e. The van der Waals surface area contributed by atoms with Crippen molar-refractivity contribution in [3.05, 3.63) is 29.8 Å². The van der Waals surface area contributed by atoms with Crippen molar-refractivity contribution in [2.75, 3.05) is 0 Å². The highest BCUT2D eigenvalue weighted by atomic mass is 32.2. The minimum atomic E-state index is -0.464. The summed E-state index contributed by atoms with van der Waals surface area (Å²) in [6.45, 7) is 6.52. The Hall–Kier alpha value is -2.35. The molecular formula is C20H27N5O2S. The molecule has 0 unspecified atom stereocenters. The summed E-state index contributed by atoms with van der Waals surface area (Å²) in [4.78, 5) is 24.4. The van der Waals surface area contributed by atoms with Crippen LogP contribution in [0.4, 0.5) is 4.79 Å². The molecule has 3 amide bonds. The number of rotatable bonds is 6. The van der Waals surface area contributed by atoms with Gasteiger partial charge in [-0.2, -0.15) is 0 Å². The Labute approximate surface area is 169 Å². The van der Waals surface area contributed by atoms with Gasteiger partial charge >= 0.3 is 6.03 Å². The predicted octanol–water partition coefficient (Wildman–Crippen LogP) is 3.52. The first-order valence-corrected chi connectivity index (χ1v) is 10.6. The second-order valence-electron chi connectivity index (χ2n) is 7.07. The van der Waals surface area contributed by atoms with E-state index in [2.05, 4.69) is 20.8 Å². The lowest BCUT2D eigenvalue weighted by atomic mass is 10.1. The van der Waals surface area contributed by atoms with Crippen molar-refractivity contribution in [2.45, 2.75) is 69.4 Å². The standard InChI is InChI=1S/C20H27N5O2S/c1-4-25-17(16-12-8-5-9-13(16)2)23-24-20(25)28-14(3)18(26)22-19(27)21-15-10-6-7-11-15/h5,8-9,12,14-15H,4,6-7,10-11H2,1-3H3,(H2,21,22,26,27)/t14-/m0/s1. The highest BCUT2D eigenvalue weighted by Gasteiger charge is 2.23. The van der Waals surface area contributed by atoms with Crippen LogP contribution in [0.15, 0.2) is 29.4 Å². The van der Waals surface area contributed by atoms with Crippen LogP contribution < -0.4 is 10.6 Å². The Bertz CT molecular complexity index is 845. The zero-order chi connectivity index (χ0) is 20.1. The van der Waals surface area contributed by atoms with Gasteiger partial charge in [0.25, 0.3) is 0 Å². The van der Waals surface area contributed by atoms with Gasteiger partial charge in [0.05, 0.1) is 5.25 Å². The molecule has 0 bridgehead atoms. The van der Waals surface area contributed by atoms with Crippen molar-refractivity contribution in [3.63, 3.8) is 0 Å². The van der Waals surface area contributed by atoms with Crippen molar-refractivity contribution in [3.8, 4) is 11.4 Å². The number of amides is 3. The van der Waals surface area contributed by atoms with Crippen molar-refractivity contribution in [2.24, 2.45) is 0 Å². The summed E-state index contributed by atoms with van der Waals surface area (Å²) in [6.07, 6.45) is 4.21. The quantitative estimate of drug-likeness (QED) is 0.723. The normalized spacial score (nSPS) is 15.4. The van der Waals surface area contributed by atoms with Gasteiger partial charge in [-0.15, -0.1) is 10.2 Å². The second kappa shape index (κ2) is 9.23. The summed E-state index contributed by atoms with van der Waals surface area (Å²) in [7, 11) is 0. The van der Waals surface area contributed by atoms with Crippen LogP contribution in [0.3, 0.4) is 0 Å². The number of carbonyl (C=O) groups is 2. The van der Waals surface area contributed by atoms with E-state index < -0.39 is 11.3 Å². The maximum atomic E-state index is 12.4. The first-order chi connectivity index (χ1) is 13.5. The summed E-state index contributed by atoms with van der Waals surface area (Å²) in [5.41, 5.74) is 2.15. The van der Waals surface area contributed by atoms with Crippen LogP contribution in [0, 0.1) is 6.92 Å². The number of benzene rings is 1. The number of imide groups is 1. The minimum absolute atomic E-state index is 0.176. The van der Waals surface area contributed by atoms with Crippen LogP contribution >= 0.6 is 11.8 Å². The maximum Gasteiger partial charge on any atom is 0.321 e. The number of urea groups is 1. The molecule has 0 radical (unpaired) electrons. The molecule has 1 fully saturated rings. The van der Waals surface area contributed by atoms with Crippen molar-refractivity contribution in [1.29, 1.82) is 0 Å². The van der Waals surface area contributed by atoms with E-state index in [4.69, 9.17) is 0 Å². The first-order valence-electron chi connectivity index (χ1n) is 9.76. The van der Waals surface area contributed by atoms with Crippen LogP contribution in [0.2, 0.25) is 0 Å². The molecule has 1 aliphatic rings. The lowest BCUT2D eigenvalue weighted by Crippen LogP contribution is -2.45. The van der Waals surface area contributed by atoms with Crippen molar-refractivity contribution < 1.29 is 9.59 Å². The van der Waals surface area contributed by atoms with Gasteiger partial charge in [-0.05, 0) is 39.2 Å². The number of carbonyl (C=O) groups excluding carboxylic acids is 2. The van der Waals surface area contributed by atoms with E-state index in [9.17, 15) is 9.59 Å². The van der Waals surface area contributed by atoms with Gasteiger partial charge < -0.3 is 9.88 Å². The topological polar surface area (TPSA) is 88.9 Å². The van der Waals surface area contributed by atoms with Crippen LogP contribution in [0.25, 0.3) is 11.4 Å². The van der Waals surface area contributed by atoms with Gasteiger partial charge in [-0.3, -0.25) is 10.1 Å². The molecule has 0 saturated heterocycles. The molecule has 1 aliphatic carbocycles. The number of hydrogen-bond acceptors (Lipinski definition) is 5. The molecule has 0 spiro atoms. The summed E-state index contributed by atoms with van der Waals surface area (Å²) < 4.78 is 2.00. The third-order valence-corrected chi connectivity index (χ3v) is 6.08. The zero-order valence-electron chi connectivity index (χ0n) is 16.6. The summed E-state index contributed by atoms with van der Waals surface area (Å²) in [6, 6.07) is 7.78. The molecule has 1 aromatic carbocycles. The molecule has 28 heavy (non-hydrogen) atoms. The van der Waals surface area contributed by atoms with Crippen molar-refractivity contribution in [1.82, 2.24) is 25.4 Å². The van der Waals surface area contributed by atoms with Gasteiger partial charge in [-0.25, -0.2) is 4.79 Å². The molecule has 1 heterocycles. The average Bonchev–Trinajstić information content (AvgIpc) is 3.31. The van der Waals surface area contributed by atoms with E-state index in [0.29, 0.717) is 11.7 Å². The molecule has 1 aromatic heterocycles. The molecule has 1 atom stereocenters. The lowest BCUT2D eigenvalue weighted by molar-refractivity contribution is -0.119. The molecule has 3 rings (SSSR count). The fourth-order valence-corrected chi connectivity index (χ4v) is 4.31. The van der Waals surface area contributed by atoms with Crippen LogP contribution in [0.5, 0.6) is 0 Å². The monoisotopic (exact) mass is 401 g/mol. The Morgan fingerprint density at radius 1 is 1.25 bits per heavy atom. The van der Waals surface area contributed by atoms with E-state index in [-0.39, 0.29) is 11.9 Å². The van der Waals surface area contributed by atoms with Gasteiger partial charge in [-0.1, -0.05) is 48.9 Å². The Morgan fingerprint density at radius 2 is 1.96 bits per heavy atom. The molecule has 8 heteroatoms. The maximum absolute atomic E-state index is 12.4. The highest BCUT2D eigenvalue weighted by Crippen LogP contribution is 2.28. The third kappa shape index (κ3) is 4.73. The van der Waals surface area contributed by atoms with E-state index >= 15 is 0 Å². The number of aryl methyl sites for hydroxylation is 1. The van der Waals surface area contributed by atoms with E-state index in [1.165, 1.54) is 11.8 Å². The summed E-state index contributed by atoms with van der Waals surface area (Å²) >= 11 is 1.31. The minimum Gasteiger partial charge on any atom is -0.335 e. The van der Waals surface area contributed by atoms with E-state index in [1.54, 1.807) is 6.92 Å². The smallest absolute Gasteiger partial charge is 0.321 e. The number of hydrogen-bond donors (Lipinski definition) is 2. The van der Waals surface area contributed by atoms with E-state index in [1.807, 2.05) is 42.7 Å². The molecule has 1 saturated carbocycles. The highest BCUT2D eigenvalue weighted by molar-refractivity contribution is 8.00. The Balaban J connectivity index is 1.65. The zero-order valence-corrected chi connectivity index (χ0v) is 17.4. The van der Waals surface area contributed by atoms with Crippen molar-refractivity contribution >= 4 is 23.7 Å². The van der Waals surface area contributed by atoms with Gasteiger partial charge in [0, 0.05) is 18.2 Å². The number of nitrogens with zero attached hydrogens (tertiary/aromatic N) is 3. The first kappa shape index (κ1) is 20.4. The fraction of sp³-hybridized carbons (Fsp3) is 0.500. The number of nitrogens with one attached hydrogen (secondary N) is 2. The number of thioether (sulfide) groups is 1.